The van der Waals surface area contributed by atoms with Gasteiger partial charge in [-0.25, -0.2) is 0 Å². The van der Waals surface area contributed by atoms with Gasteiger partial charge in [-0.2, -0.15) is 0 Å². The van der Waals surface area contributed by atoms with Gasteiger partial charge in [0.2, 0.25) is 0 Å². The topological polar surface area (TPSA) is 36.4 Å². The Bertz CT molecular complexity index is 270. The van der Waals surface area contributed by atoms with Gasteiger partial charge in [0, 0.05) is 44.6 Å². The normalized spacial score (nSPS) is 18.1. The maximum Gasteiger partial charge on any atom is 0.0483 e. The first-order valence-electron chi connectivity index (χ1n) is 5.10. The molecule has 1 fully saturated rings. The summed E-state index contributed by atoms with van der Waals surface area (Å²) in [6.07, 6.45) is 4.78. The number of rotatable bonds is 4. The molecule has 0 radical (unpaired) electrons. The second kappa shape index (κ2) is 4.53. The fourth-order valence-electron chi connectivity index (χ4n) is 1.81. The van der Waals surface area contributed by atoms with Crippen molar-refractivity contribution in [2.75, 3.05) is 26.2 Å². The van der Waals surface area contributed by atoms with Crippen molar-refractivity contribution in [3.63, 3.8) is 0 Å². The molecule has 1 saturated heterocycles. The van der Waals surface area contributed by atoms with Crippen LogP contribution in [0, 0.1) is 5.92 Å². The molecule has 76 valence electrons. The highest BCUT2D eigenvalue weighted by molar-refractivity contribution is 5.08. The van der Waals surface area contributed by atoms with Gasteiger partial charge in [0.1, 0.15) is 0 Å². The zero-order chi connectivity index (χ0) is 9.80. The maximum atomic E-state index is 8.85. The Morgan fingerprint density at radius 1 is 1.50 bits per heavy atom. The molecule has 0 spiro atoms. The standard InChI is InChI=1S/C11H16N2O/c14-9-11-7-13(8-11)5-3-10-2-1-4-12-6-10/h1-2,4,6,11,14H,3,5,7-9H2. The Morgan fingerprint density at radius 2 is 2.36 bits per heavy atom. The third-order valence-electron chi connectivity index (χ3n) is 2.73. The molecule has 1 aliphatic heterocycles. The quantitative estimate of drug-likeness (QED) is 0.756. The van der Waals surface area contributed by atoms with Gasteiger partial charge in [-0.05, 0) is 18.1 Å². The molecule has 1 aliphatic rings. The van der Waals surface area contributed by atoms with E-state index < -0.39 is 0 Å². The van der Waals surface area contributed by atoms with Crippen LogP contribution in [0.2, 0.25) is 0 Å². The molecule has 1 aromatic heterocycles. The molecule has 1 aromatic rings. The second-order valence-electron chi connectivity index (χ2n) is 3.92. The minimum absolute atomic E-state index is 0.337. The summed E-state index contributed by atoms with van der Waals surface area (Å²) in [5.41, 5.74) is 1.29. The molecule has 0 saturated carbocycles. The van der Waals surface area contributed by atoms with Crippen molar-refractivity contribution in [3.05, 3.63) is 30.1 Å². The van der Waals surface area contributed by atoms with Gasteiger partial charge in [0.15, 0.2) is 0 Å². The first kappa shape index (κ1) is 9.62. The van der Waals surface area contributed by atoms with E-state index >= 15 is 0 Å². The summed E-state index contributed by atoms with van der Waals surface area (Å²) in [6.45, 7) is 3.53. The third kappa shape index (κ3) is 2.30. The van der Waals surface area contributed by atoms with Crippen LogP contribution in [0.5, 0.6) is 0 Å². The molecule has 0 bridgehead atoms. The maximum absolute atomic E-state index is 8.85. The highest BCUT2D eigenvalue weighted by atomic mass is 16.3. The minimum atomic E-state index is 0.337. The Labute approximate surface area is 84.4 Å². The first-order chi connectivity index (χ1) is 6.88. The predicted molar refractivity (Wildman–Crippen MR) is 55.0 cm³/mol. The largest absolute Gasteiger partial charge is 0.396 e. The van der Waals surface area contributed by atoms with Crippen LogP contribution in [0.3, 0.4) is 0 Å². The summed E-state index contributed by atoms with van der Waals surface area (Å²) in [4.78, 5) is 6.45. The van der Waals surface area contributed by atoms with Crippen molar-refractivity contribution in [2.24, 2.45) is 5.92 Å². The van der Waals surface area contributed by atoms with Gasteiger partial charge in [-0.1, -0.05) is 6.07 Å². The fraction of sp³-hybridized carbons (Fsp3) is 0.545. The Balaban J connectivity index is 1.69. The van der Waals surface area contributed by atoms with Crippen LogP contribution in [0.15, 0.2) is 24.5 Å². The van der Waals surface area contributed by atoms with Gasteiger partial charge < -0.3 is 10.0 Å². The molecular formula is C11H16N2O. The summed E-state index contributed by atoms with van der Waals surface area (Å²) < 4.78 is 0. The van der Waals surface area contributed by atoms with E-state index in [4.69, 9.17) is 5.11 Å². The second-order valence-corrected chi connectivity index (χ2v) is 3.92. The molecule has 0 atom stereocenters. The monoisotopic (exact) mass is 192 g/mol. The van der Waals surface area contributed by atoms with Crippen LogP contribution >= 0.6 is 0 Å². The van der Waals surface area contributed by atoms with E-state index in [2.05, 4.69) is 16.0 Å². The van der Waals surface area contributed by atoms with E-state index in [0.717, 1.165) is 26.1 Å². The lowest BCUT2D eigenvalue weighted by Gasteiger charge is -2.38. The first-order valence-corrected chi connectivity index (χ1v) is 5.10. The molecule has 0 aliphatic carbocycles. The van der Waals surface area contributed by atoms with Crippen molar-refractivity contribution in [1.82, 2.24) is 9.88 Å². The van der Waals surface area contributed by atoms with Crippen molar-refractivity contribution in [1.29, 1.82) is 0 Å². The van der Waals surface area contributed by atoms with Crippen molar-refractivity contribution < 1.29 is 5.11 Å². The van der Waals surface area contributed by atoms with Crippen molar-refractivity contribution in [3.8, 4) is 0 Å². The zero-order valence-electron chi connectivity index (χ0n) is 8.26. The Morgan fingerprint density at radius 3 is 3.00 bits per heavy atom. The van der Waals surface area contributed by atoms with Gasteiger partial charge in [0.05, 0.1) is 0 Å². The molecule has 14 heavy (non-hydrogen) atoms. The number of aromatic nitrogens is 1. The van der Waals surface area contributed by atoms with E-state index in [0.29, 0.717) is 12.5 Å². The van der Waals surface area contributed by atoms with E-state index in [9.17, 15) is 0 Å². The molecule has 1 N–H and O–H groups in total. The molecule has 2 rings (SSSR count). The average molecular weight is 192 g/mol. The lowest BCUT2D eigenvalue weighted by molar-refractivity contribution is 0.0551. The highest BCUT2D eigenvalue weighted by Gasteiger charge is 2.24. The fourth-order valence-corrected chi connectivity index (χ4v) is 1.81. The van der Waals surface area contributed by atoms with Crippen LogP contribution < -0.4 is 0 Å². The van der Waals surface area contributed by atoms with E-state index in [-0.39, 0.29) is 0 Å². The van der Waals surface area contributed by atoms with Gasteiger partial charge in [-0.3, -0.25) is 4.98 Å². The number of likely N-dealkylation sites (tertiary alicyclic amines) is 1. The average Bonchev–Trinajstić information content (AvgIpc) is 2.17. The van der Waals surface area contributed by atoms with E-state index in [1.54, 1.807) is 6.20 Å². The number of aliphatic hydroxyl groups is 1. The summed E-state index contributed by atoms with van der Waals surface area (Å²) in [5, 5.41) is 8.85. The molecule has 3 heteroatoms. The minimum Gasteiger partial charge on any atom is -0.396 e. The summed E-state index contributed by atoms with van der Waals surface area (Å²) >= 11 is 0. The molecule has 3 nitrogen and oxygen atoms in total. The number of pyridine rings is 1. The molecule has 0 aromatic carbocycles. The SMILES string of the molecule is OCC1CN(CCc2cccnc2)C1. The smallest absolute Gasteiger partial charge is 0.0483 e. The van der Waals surface area contributed by atoms with Crippen LogP contribution in [0.1, 0.15) is 5.56 Å². The van der Waals surface area contributed by atoms with Crippen LogP contribution in [0.4, 0.5) is 0 Å². The van der Waals surface area contributed by atoms with Gasteiger partial charge in [-0.15, -0.1) is 0 Å². The molecule has 2 heterocycles. The third-order valence-corrected chi connectivity index (χ3v) is 2.73. The summed E-state index contributed by atoms with van der Waals surface area (Å²) in [5.74, 6) is 0.517. The molecular weight excluding hydrogens is 176 g/mol. The van der Waals surface area contributed by atoms with Crippen LogP contribution in [-0.2, 0) is 6.42 Å². The van der Waals surface area contributed by atoms with Crippen LogP contribution in [0.25, 0.3) is 0 Å². The van der Waals surface area contributed by atoms with Gasteiger partial charge >= 0.3 is 0 Å². The number of hydrogen-bond donors (Lipinski definition) is 1. The summed E-state index contributed by atoms with van der Waals surface area (Å²) in [6, 6.07) is 4.08. The zero-order valence-corrected chi connectivity index (χ0v) is 8.26. The lowest BCUT2D eigenvalue weighted by atomic mass is 10.0. The molecule has 0 amide bonds. The number of aliphatic hydroxyl groups excluding tert-OH is 1. The Hall–Kier alpha value is -0.930. The number of nitrogens with zero attached hydrogens (tertiary/aromatic N) is 2. The van der Waals surface area contributed by atoms with Crippen molar-refractivity contribution >= 4 is 0 Å². The number of hydrogen-bond acceptors (Lipinski definition) is 3. The van der Waals surface area contributed by atoms with E-state index in [1.165, 1.54) is 5.56 Å². The van der Waals surface area contributed by atoms with Crippen molar-refractivity contribution in [2.45, 2.75) is 6.42 Å². The molecule has 0 unspecified atom stereocenters. The highest BCUT2D eigenvalue weighted by Crippen LogP contribution is 2.14. The Kier molecular flexibility index (Phi) is 3.11. The van der Waals surface area contributed by atoms with Gasteiger partial charge in [0.25, 0.3) is 0 Å². The summed E-state index contributed by atoms with van der Waals surface area (Å²) in [7, 11) is 0. The predicted octanol–water partition coefficient (Wildman–Crippen LogP) is 0.548. The van der Waals surface area contributed by atoms with Crippen LogP contribution in [-0.4, -0.2) is 41.2 Å². The van der Waals surface area contributed by atoms with E-state index in [1.807, 2.05) is 12.3 Å². The lowest BCUT2D eigenvalue weighted by Crippen LogP contribution is -2.48.